The summed E-state index contributed by atoms with van der Waals surface area (Å²) in [4.78, 5) is 24.3. The number of carbonyl (C=O) groups excluding carboxylic acids is 1. The number of amides is 1. The van der Waals surface area contributed by atoms with E-state index in [2.05, 4.69) is 0 Å². The van der Waals surface area contributed by atoms with Gasteiger partial charge in [-0.25, -0.2) is 0 Å². The number of aliphatic carboxylic acids is 1. The predicted octanol–water partition coefficient (Wildman–Crippen LogP) is 1.36. The third-order valence-corrected chi connectivity index (χ3v) is 3.72. The first kappa shape index (κ1) is 11.4. The molecule has 1 N–H and O–H groups in total. The fraction of sp³-hybridized carbons (Fsp3) is 0.833. The zero-order chi connectivity index (χ0) is 11.7. The van der Waals surface area contributed by atoms with E-state index < -0.39 is 5.97 Å². The van der Waals surface area contributed by atoms with Gasteiger partial charge >= 0.3 is 5.97 Å². The van der Waals surface area contributed by atoms with Crippen molar-refractivity contribution in [1.29, 1.82) is 0 Å². The highest BCUT2D eigenvalue weighted by Gasteiger charge is 2.48. The van der Waals surface area contributed by atoms with Crippen molar-refractivity contribution >= 4 is 11.9 Å². The van der Waals surface area contributed by atoms with Crippen LogP contribution in [-0.2, 0) is 9.59 Å². The zero-order valence-corrected chi connectivity index (χ0v) is 9.69. The smallest absolute Gasteiger partial charge is 0.323 e. The maximum atomic E-state index is 12.1. The molecule has 2 unspecified atom stereocenters. The van der Waals surface area contributed by atoms with Gasteiger partial charge in [0.2, 0.25) is 5.91 Å². The Hall–Kier alpha value is -1.06. The molecule has 1 amide bonds. The molecule has 16 heavy (non-hydrogen) atoms. The molecule has 0 radical (unpaired) electrons. The van der Waals surface area contributed by atoms with Crippen molar-refractivity contribution in [1.82, 2.24) is 4.90 Å². The molecular formula is C12H19NO3. The number of rotatable bonds is 5. The van der Waals surface area contributed by atoms with Crippen LogP contribution < -0.4 is 0 Å². The Kier molecular flexibility index (Phi) is 3.17. The second kappa shape index (κ2) is 4.44. The molecule has 2 aliphatic carbocycles. The summed E-state index contributed by atoms with van der Waals surface area (Å²) in [6, 6.07) is 0. The molecule has 0 aromatic rings. The molecule has 4 heteroatoms. The van der Waals surface area contributed by atoms with Crippen LogP contribution in [0.1, 0.15) is 32.6 Å². The van der Waals surface area contributed by atoms with Crippen LogP contribution in [0.5, 0.6) is 0 Å². The normalized spacial score (nSPS) is 30.9. The highest BCUT2D eigenvalue weighted by Crippen LogP contribution is 2.54. The monoisotopic (exact) mass is 225 g/mol. The molecule has 0 aliphatic heterocycles. The lowest BCUT2D eigenvalue weighted by molar-refractivity contribution is -0.146. The van der Waals surface area contributed by atoms with Gasteiger partial charge in [0.05, 0.1) is 0 Å². The maximum absolute atomic E-state index is 12.1. The lowest BCUT2D eigenvalue weighted by Gasteiger charge is -2.24. The van der Waals surface area contributed by atoms with Crippen molar-refractivity contribution in [2.24, 2.45) is 17.8 Å². The lowest BCUT2D eigenvalue weighted by Crippen LogP contribution is -2.39. The van der Waals surface area contributed by atoms with Crippen molar-refractivity contribution in [3.05, 3.63) is 0 Å². The van der Waals surface area contributed by atoms with E-state index in [1.54, 1.807) is 0 Å². The molecule has 4 nitrogen and oxygen atoms in total. The van der Waals surface area contributed by atoms with E-state index in [1.807, 2.05) is 6.92 Å². The van der Waals surface area contributed by atoms with Crippen LogP contribution in [0.4, 0.5) is 0 Å². The summed E-state index contributed by atoms with van der Waals surface area (Å²) >= 11 is 0. The summed E-state index contributed by atoms with van der Waals surface area (Å²) in [7, 11) is 0. The number of nitrogens with zero attached hydrogens (tertiary/aromatic N) is 1. The van der Waals surface area contributed by atoms with Gasteiger partial charge in [-0.1, -0.05) is 6.92 Å². The van der Waals surface area contributed by atoms with Gasteiger partial charge in [0.1, 0.15) is 6.54 Å². The fourth-order valence-electron chi connectivity index (χ4n) is 2.87. The number of carbonyl (C=O) groups is 2. The number of hydrogen-bond donors (Lipinski definition) is 1. The van der Waals surface area contributed by atoms with Crippen LogP contribution in [0.15, 0.2) is 0 Å². The van der Waals surface area contributed by atoms with Gasteiger partial charge in [0.15, 0.2) is 0 Å². The minimum atomic E-state index is -0.912. The van der Waals surface area contributed by atoms with Gasteiger partial charge in [-0.3, -0.25) is 9.59 Å². The van der Waals surface area contributed by atoms with E-state index in [-0.39, 0.29) is 18.4 Å². The van der Waals surface area contributed by atoms with Gasteiger partial charge < -0.3 is 10.0 Å². The largest absolute Gasteiger partial charge is 0.480 e. The van der Waals surface area contributed by atoms with E-state index in [0.29, 0.717) is 6.54 Å². The van der Waals surface area contributed by atoms with Crippen molar-refractivity contribution in [3.63, 3.8) is 0 Å². The highest BCUT2D eigenvalue weighted by molar-refractivity contribution is 5.83. The van der Waals surface area contributed by atoms with Gasteiger partial charge in [-0.15, -0.1) is 0 Å². The number of fused-ring (bicyclic) bond motifs is 1. The van der Waals surface area contributed by atoms with E-state index in [9.17, 15) is 9.59 Å². The summed E-state index contributed by atoms with van der Waals surface area (Å²) < 4.78 is 0. The average molecular weight is 225 g/mol. The Morgan fingerprint density at radius 1 is 1.25 bits per heavy atom. The Morgan fingerprint density at radius 2 is 1.88 bits per heavy atom. The second-order valence-corrected chi connectivity index (χ2v) is 5.08. The summed E-state index contributed by atoms with van der Waals surface area (Å²) in [6.45, 7) is 2.39. The number of carboxylic acids is 1. The molecule has 2 rings (SSSR count). The standard InChI is InChI=1S/C12H19NO3/c1-2-3-13(7-11(14)15)12(16)10-5-8-4-9(8)6-10/h8-10H,2-7H2,1H3,(H,14,15). The van der Waals surface area contributed by atoms with E-state index in [1.165, 1.54) is 11.3 Å². The van der Waals surface area contributed by atoms with Gasteiger partial charge in [0.25, 0.3) is 0 Å². The minimum absolute atomic E-state index is 0.0662. The van der Waals surface area contributed by atoms with Crippen molar-refractivity contribution < 1.29 is 14.7 Å². The van der Waals surface area contributed by atoms with Crippen LogP contribution in [-0.4, -0.2) is 35.0 Å². The fourth-order valence-corrected chi connectivity index (χ4v) is 2.87. The summed E-state index contributed by atoms with van der Waals surface area (Å²) in [5, 5.41) is 8.77. The summed E-state index contributed by atoms with van der Waals surface area (Å²) in [5.41, 5.74) is 0. The van der Waals surface area contributed by atoms with Crippen LogP contribution in [0.25, 0.3) is 0 Å². The molecule has 0 saturated heterocycles. The topological polar surface area (TPSA) is 57.6 Å². The van der Waals surface area contributed by atoms with E-state index in [0.717, 1.165) is 31.1 Å². The van der Waals surface area contributed by atoms with Crippen LogP contribution in [0.2, 0.25) is 0 Å². The van der Waals surface area contributed by atoms with Crippen LogP contribution >= 0.6 is 0 Å². The SMILES string of the molecule is CCCN(CC(=O)O)C(=O)C1CC2CC2C1. The maximum Gasteiger partial charge on any atom is 0.323 e. The van der Waals surface area contributed by atoms with E-state index >= 15 is 0 Å². The third-order valence-electron chi connectivity index (χ3n) is 3.72. The van der Waals surface area contributed by atoms with Crippen molar-refractivity contribution in [2.75, 3.05) is 13.1 Å². The van der Waals surface area contributed by atoms with Gasteiger partial charge in [-0.2, -0.15) is 0 Å². The Labute approximate surface area is 95.6 Å². The second-order valence-electron chi connectivity index (χ2n) is 5.08. The average Bonchev–Trinajstić information content (AvgIpc) is 2.83. The lowest BCUT2D eigenvalue weighted by atomic mass is 10.0. The minimum Gasteiger partial charge on any atom is -0.480 e. The molecule has 90 valence electrons. The summed E-state index contributed by atoms with van der Waals surface area (Å²) in [5.74, 6) is 0.792. The highest BCUT2D eigenvalue weighted by atomic mass is 16.4. The molecular weight excluding hydrogens is 206 g/mol. The Morgan fingerprint density at radius 3 is 2.38 bits per heavy atom. The zero-order valence-electron chi connectivity index (χ0n) is 9.69. The third kappa shape index (κ3) is 2.36. The first-order valence-corrected chi connectivity index (χ1v) is 6.12. The van der Waals surface area contributed by atoms with Gasteiger partial charge in [-0.05, 0) is 37.5 Å². The molecule has 2 saturated carbocycles. The van der Waals surface area contributed by atoms with Crippen molar-refractivity contribution in [2.45, 2.75) is 32.6 Å². The Bertz CT molecular complexity index is 293. The quantitative estimate of drug-likeness (QED) is 0.768. The molecule has 0 heterocycles. The predicted molar refractivity (Wildman–Crippen MR) is 58.8 cm³/mol. The molecule has 2 aliphatic rings. The van der Waals surface area contributed by atoms with Crippen LogP contribution in [0, 0.1) is 17.8 Å². The molecule has 2 fully saturated rings. The Balaban J connectivity index is 1.90. The van der Waals surface area contributed by atoms with Crippen LogP contribution in [0.3, 0.4) is 0 Å². The molecule has 2 atom stereocenters. The first-order chi connectivity index (χ1) is 7.61. The molecule has 0 aromatic heterocycles. The number of carboxylic acid groups (broad SMARTS) is 1. The van der Waals surface area contributed by atoms with Crippen molar-refractivity contribution in [3.8, 4) is 0 Å². The van der Waals surface area contributed by atoms with E-state index in [4.69, 9.17) is 5.11 Å². The number of hydrogen-bond acceptors (Lipinski definition) is 2. The summed E-state index contributed by atoms with van der Waals surface area (Å²) in [6.07, 6.45) is 4.09. The first-order valence-electron chi connectivity index (χ1n) is 6.12. The molecule has 0 spiro atoms. The van der Waals surface area contributed by atoms with Gasteiger partial charge in [0, 0.05) is 12.5 Å². The molecule has 0 aromatic carbocycles. The molecule has 0 bridgehead atoms.